The van der Waals surface area contributed by atoms with Crippen LogP contribution in [0.1, 0.15) is 42.3 Å². The number of nitrogens with zero attached hydrogens (tertiary/aromatic N) is 1. The van der Waals surface area contributed by atoms with E-state index in [2.05, 4.69) is 24.4 Å². The Hall–Kier alpha value is 0.495. The molecule has 0 N–H and O–H groups in total. The number of benzene rings is 1. The minimum absolute atomic E-state index is 0. The van der Waals surface area contributed by atoms with Gasteiger partial charge in [-0.1, -0.05) is 32.9 Å². The molecule has 1 aliphatic heterocycles. The predicted molar refractivity (Wildman–Crippen MR) is 63.4 cm³/mol. The fraction of sp³-hybridized carbons (Fsp3) is 0.462. The van der Waals surface area contributed by atoms with Gasteiger partial charge in [0.15, 0.2) is 0 Å². The van der Waals surface area contributed by atoms with Crippen molar-refractivity contribution in [3.05, 3.63) is 40.2 Å². The summed E-state index contributed by atoms with van der Waals surface area (Å²) in [5, 5.41) is 3.91. The Morgan fingerprint density at radius 2 is 2.00 bits per heavy atom. The zero-order chi connectivity index (χ0) is 11.3. The third-order valence-electron chi connectivity index (χ3n) is 2.45. The third kappa shape index (κ3) is 4.06. The van der Waals surface area contributed by atoms with E-state index in [-0.39, 0.29) is 64.1 Å². The largest absolute Gasteiger partial charge is 1.00 e. The van der Waals surface area contributed by atoms with Crippen molar-refractivity contribution in [3.63, 3.8) is 0 Å². The van der Waals surface area contributed by atoms with E-state index in [1.54, 1.807) is 0 Å². The molecule has 0 aliphatic carbocycles. The van der Waals surface area contributed by atoms with Gasteiger partial charge < -0.3 is 10.1 Å². The monoisotopic (exact) mass is 289 g/mol. The standard InChI is InChI=1S/C11H13NO.C2H6.Rb/c1-2-8-3-4-9-5-6-12-11(13)10(9)7-8;1-2;/h3-4,7H,2,5-6H2,1H3,(H,12,13);1-2H3;/q;;+1/p-1. The zero-order valence-corrected chi connectivity index (χ0v) is 15.6. The molecule has 82 valence electrons. The van der Waals surface area contributed by atoms with E-state index in [9.17, 15) is 4.79 Å². The summed E-state index contributed by atoms with van der Waals surface area (Å²) in [5.74, 6) is -0.0449. The van der Waals surface area contributed by atoms with E-state index >= 15 is 0 Å². The van der Waals surface area contributed by atoms with Crippen LogP contribution in [0.15, 0.2) is 18.2 Å². The van der Waals surface area contributed by atoms with Crippen molar-refractivity contribution >= 4 is 5.91 Å². The van der Waals surface area contributed by atoms with Gasteiger partial charge in [-0.3, -0.25) is 0 Å². The van der Waals surface area contributed by atoms with Crippen LogP contribution in [0.3, 0.4) is 0 Å². The van der Waals surface area contributed by atoms with Gasteiger partial charge in [0, 0.05) is 5.56 Å². The number of aryl methyl sites for hydroxylation is 1. The van der Waals surface area contributed by atoms with Crippen LogP contribution in [-0.4, -0.2) is 12.5 Å². The van der Waals surface area contributed by atoms with Crippen LogP contribution in [0, 0.1) is 0 Å². The topological polar surface area (TPSA) is 31.2 Å². The summed E-state index contributed by atoms with van der Waals surface area (Å²) in [4.78, 5) is 11.4. The van der Waals surface area contributed by atoms with Crippen molar-refractivity contribution in [2.24, 2.45) is 0 Å². The second-order valence-electron chi connectivity index (χ2n) is 3.28. The van der Waals surface area contributed by atoms with Gasteiger partial charge in [0.25, 0.3) is 0 Å². The third-order valence-corrected chi connectivity index (χ3v) is 2.45. The molecule has 1 heterocycles. The van der Waals surface area contributed by atoms with Gasteiger partial charge in [-0.2, -0.15) is 0 Å². The molecule has 2 rings (SSSR count). The molecule has 1 aromatic carbocycles. The van der Waals surface area contributed by atoms with Crippen LogP contribution in [0.4, 0.5) is 0 Å². The van der Waals surface area contributed by atoms with Crippen molar-refractivity contribution in [1.82, 2.24) is 0 Å². The maximum Gasteiger partial charge on any atom is 1.00 e. The van der Waals surface area contributed by atoms with E-state index in [1.807, 2.05) is 19.9 Å². The maximum atomic E-state index is 11.4. The number of carbonyl (C=O) groups is 1. The van der Waals surface area contributed by atoms with Gasteiger partial charge in [0.2, 0.25) is 0 Å². The maximum absolute atomic E-state index is 11.4. The van der Waals surface area contributed by atoms with E-state index in [4.69, 9.17) is 0 Å². The van der Waals surface area contributed by atoms with Crippen molar-refractivity contribution < 1.29 is 63.0 Å². The molecule has 2 nitrogen and oxygen atoms in total. The number of amides is 1. The molecule has 0 radical (unpaired) electrons. The summed E-state index contributed by atoms with van der Waals surface area (Å²) < 4.78 is 0. The van der Waals surface area contributed by atoms with Crippen molar-refractivity contribution in [2.75, 3.05) is 6.54 Å². The smallest absolute Gasteiger partial charge is 0.649 e. The van der Waals surface area contributed by atoms with E-state index < -0.39 is 0 Å². The van der Waals surface area contributed by atoms with E-state index in [0.29, 0.717) is 6.54 Å². The van der Waals surface area contributed by atoms with Gasteiger partial charge in [0.1, 0.15) is 0 Å². The molecule has 0 aromatic heterocycles. The first-order valence-electron chi connectivity index (χ1n) is 5.65. The number of rotatable bonds is 1. The summed E-state index contributed by atoms with van der Waals surface area (Å²) >= 11 is 0. The van der Waals surface area contributed by atoms with Crippen LogP contribution in [0.2, 0.25) is 0 Å². The minimum atomic E-state index is -0.0449. The molecule has 0 fully saturated rings. The molecule has 1 aliphatic rings. The Morgan fingerprint density at radius 3 is 2.62 bits per heavy atom. The van der Waals surface area contributed by atoms with Crippen LogP contribution in [-0.2, 0) is 12.8 Å². The average Bonchev–Trinajstić information content (AvgIpc) is 2.32. The van der Waals surface area contributed by atoms with Crippen molar-refractivity contribution in [2.45, 2.75) is 33.6 Å². The van der Waals surface area contributed by atoms with Gasteiger partial charge in [-0.15, -0.1) is 6.54 Å². The van der Waals surface area contributed by atoms with Crippen molar-refractivity contribution in [3.8, 4) is 0 Å². The predicted octanol–water partition coefficient (Wildman–Crippen LogP) is 0.349. The molecule has 0 unspecified atom stereocenters. The van der Waals surface area contributed by atoms with Gasteiger partial charge in [-0.05, 0) is 30.0 Å². The molecule has 3 heteroatoms. The molecular formula is C13H18NORb. The SMILES string of the molecule is CC.CCc1ccc2c(c1)C(=O)[N-]CC2.[Rb+]. The van der Waals surface area contributed by atoms with Crippen LogP contribution in [0.25, 0.3) is 5.32 Å². The van der Waals surface area contributed by atoms with Crippen LogP contribution < -0.4 is 58.2 Å². The Labute approximate surface area is 147 Å². The molecule has 1 amide bonds. The number of carbonyl (C=O) groups excluding carboxylic acids is 1. The first-order valence-corrected chi connectivity index (χ1v) is 5.65. The van der Waals surface area contributed by atoms with Crippen LogP contribution >= 0.6 is 0 Å². The fourth-order valence-electron chi connectivity index (χ4n) is 1.62. The first kappa shape index (κ1) is 16.5. The van der Waals surface area contributed by atoms with E-state index in [1.165, 1.54) is 5.56 Å². The molecule has 16 heavy (non-hydrogen) atoms. The zero-order valence-electron chi connectivity index (χ0n) is 10.7. The molecule has 1 aromatic rings. The minimum Gasteiger partial charge on any atom is -0.649 e. The van der Waals surface area contributed by atoms with Gasteiger partial charge >= 0.3 is 58.2 Å². The number of hydrogen-bond donors (Lipinski definition) is 0. The molecule has 0 atom stereocenters. The molecule has 0 saturated carbocycles. The summed E-state index contributed by atoms with van der Waals surface area (Å²) in [6.07, 6.45) is 1.88. The first-order chi connectivity index (χ1) is 7.31. The van der Waals surface area contributed by atoms with Crippen LogP contribution in [0.5, 0.6) is 0 Å². The second kappa shape index (κ2) is 8.57. The summed E-state index contributed by atoms with van der Waals surface area (Å²) in [6, 6.07) is 6.12. The Kier molecular flexibility index (Phi) is 8.83. The van der Waals surface area contributed by atoms with E-state index in [0.717, 1.165) is 24.0 Å². The molecule has 0 bridgehead atoms. The normalized spacial score (nSPS) is 12.6. The summed E-state index contributed by atoms with van der Waals surface area (Å²) in [5.41, 5.74) is 3.17. The Bertz CT molecular complexity index is 350. The van der Waals surface area contributed by atoms with Gasteiger partial charge in [-0.25, -0.2) is 0 Å². The summed E-state index contributed by atoms with van der Waals surface area (Å²) in [7, 11) is 0. The second-order valence-corrected chi connectivity index (χ2v) is 3.28. The fourth-order valence-corrected chi connectivity index (χ4v) is 1.62. The van der Waals surface area contributed by atoms with Gasteiger partial charge in [0.05, 0.1) is 5.91 Å². The Balaban J connectivity index is 0.000000711. The molecular weight excluding hydrogens is 272 g/mol. The quantitative estimate of drug-likeness (QED) is 0.734. The molecule has 0 saturated heterocycles. The Morgan fingerprint density at radius 1 is 1.31 bits per heavy atom. The van der Waals surface area contributed by atoms with Crippen molar-refractivity contribution in [1.29, 1.82) is 0 Å². The number of hydrogen-bond acceptors (Lipinski definition) is 1. The number of fused-ring (bicyclic) bond motifs is 1. The molecule has 0 spiro atoms. The summed E-state index contributed by atoms with van der Waals surface area (Å²) in [6.45, 7) is 6.74. The average molecular weight is 290 g/mol.